The molecule has 1 aliphatic heterocycles. The van der Waals surface area contributed by atoms with Gasteiger partial charge in [-0.2, -0.15) is 0 Å². The van der Waals surface area contributed by atoms with Crippen molar-refractivity contribution in [1.29, 1.82) is 0 Å². The molecule has 1 aromatic heterocycles. The maximum absolute atomic E-state index is 12.0. The standard InChI is InChI=1S/C24H30N4O2S.ClH/c1-25-31(29,30)18-21-11-4-3-10-20(21)16-26-17-22-15-19-9-5-6-12-23(19)27-24(22)28-13-7-2-8-14-28;/h3-6,9-12,15,25-26H,2,7-8,13-14,16-18H2,1H3;1H. The molecule has 2 aromatic carbocycles. The zero-order valence-corrected chi connectivity index (χ0v) is 20.0. The third-order valence-corrected chi connectivity index (χ3v) is 7.15. The largest absolute Gasteiger partial charge is 0.356 e. The molecule has 2 heterocycles. The van der Waals surface area contributed by atoms with Gasteiger partial charge in [-0.25, -0.2) is 18.1 Å². The molecule has 0 bridgehead atoms. The molecule has 32 heavy (non-hydrogen) atoms. The molecule has 8 heteroatoms. The zero-order valence-electron chi connectivity index (χ0n) is 18.4. The summed E-state index contributed by atoms with van der Waals surface area (Å²) in [5, 5.41) is 4.66. The van der Waals surface area contributed by atoms with Crippen LogP contribution >= 0.6 is 12.4 Å². The summed E-state index contributed by atoms with van der Waals surface area (Å²) in [5.74, 6) is 1.05. The lowest BCUT2D eigenvalue weighted by Gasteiger charge is -2.30. The second kappa shape index (κ2) is 11.1. The number of hydrogen-bond donors (Lipinski definition) is 2. The Balaban J connectivity index is 0.00000289. The minimum Gasteiger partial charge on any atom is -0.356 e. The fourth-order valence-corrected chi connectivity index (χ4v) is 4.97. The van der Waals surface area contributed by atoms with Gasteiger partial charge in [0.05, 0.1) is 11.3 Å². The van der Waals surface area contributed by atoms with Gasteiger partial charge >= 0.3 is 0 Å². The highest BCUT2D eigenvalue weighted by molar-refractivity contribution is 7.88. The Morgan fingerprint density at radius 2 is 1.56 bits per heavy atom. The molecule has 1 saturated heterocycles. The van der Waals surface area contributed by atoms with Crippen LogP contribution in [0.2, 0.25) is 0 Å². The van der Waals surface area contributed by atoms with Crippen LogP contribution in [0.5, 0.6) is 0 Å². The molecule has 3 aromatic rings. The molecule has 2 N–H and O–H groups in total. The number of pyridine rings is 1. The third-order valence-electron chi connectivity index (χ3n) is 5.84. The molecule has 0 unspecified atom stereocenters. The van der Waals surface area contributed by atoms with Crippen molar-refractivity contribution in [2.45, 2.75) is 38.1 Å². The second-order valence-electron chi connectivity index (χ2n) is 8.05. The Bertz CT molecular complexity index is 1150. The van der Waals surface area contributed by atoms with Gasteiger partial charge in [0.2, 0.25) is 10.0 Å². The summed E-state index contributed by atoms with van der Waals surface area (Å²) in [6.07, 6.45) is 3.69. The van der Waals surface area contributed by atoms with Gasteiger partial charge in [-0.05, 0) is 49.6 Å². The Morgan fingerprint density at radius 1 is 0.906 bits per heavy atom. The molecule has 4 rings (SSSR count). The number of aromatic nitrogens is 1. The molecular formula is C24H31ClN4O2S. The molecule has 0 saturated carbocycles. The van der Waals surface area contributed by atoms with E-state index in [4.69, 9.17) is 4.98 Å². The Labute approximate surface area is 196 Å². The van der Waals surface area contributed by atoms with E-state index >= 15 is 0 Å². The number of anilines is 1. The highest BCUT2D eigenvalue weighted by Crippen LogP contribution is 2.26. The van der Waals surface area contributed by atoms with E-state index in [0.717, 1.165) is 40.9 Å². The normalized spacial score (nSPS) is 14.3. The number of hydrogen-bond acceptors (Lipinski definition) is 5. The van der Waals surface area contributed by atoms with Gasteiger partial charge in [0.1, 0.15) is 5.82 Å². The lowest BCUT2D eigenvalue weighted by molar-refractivity contribution is 0.570. The monoisotopic (exact) mass is 474 g/mol. The summed E-state index contributed by atoms with van der Waals surface area (Å²) in [5.41, 5.74) is 4.02. The number of sulfonamides is 1. The first-order chi connectivity index (χ1) is 15.1. The van der Waals surface area contributed by atoms with Crippen molar-refractivity contribution >= 4 is 39.2 Å². The first-order valence-corrected chi connectivity index (χ1v) is 12.5. The van der Waals surface area contributed by atoms with Crippen molar-refractivity contribution in [1.82, 2.24) is 15.0 Å². The Kier molecular flexibility index (Phi) is 8.48. The van der Waals surface area contributed by atoms with Crippen LogP contribution in [0.3, 0.4) is 0 Å². The highest BCUT2D eigenvalue weighted by Gasteiger charge is 2.17. The number of benzene rings is 2. The van der Waals surface area contributed by atoms with Crippen molar-refractivity contribution in [3.63, 3.8) is 0 Å². The number of nitrogens with zero attached hydrogens (tertiary/aromatic N) is 2. The topological polar surface area (TPSA) is 74.3 Å². The fourth-order valence-electron chi connectivity index (χ4n) is 4.14. The van der Waals surface area contributed by atoms with Gasteiger partial charge in [-0.3, -0.25) is 0 Å². The lowest BCUT2D eigenvalue weighted by atomic mass is 10.1. The Morgan fingerprint density at radius 3 is 2.31 bits per heavy atom. The lowest BCUT2D eigenvalue weighted by Crippen LogP contribution is -2.31. The van der Waals surface area contributed by atoms with Crippen LogP contribution in [0.15, 0.2) is 54.6 Å². The van der Waals surface area contributed by atoms with E-state index in [0.29, 0.717) is 13.1 Å². The number of piperidine rings is 1. The van der Waals surface area contributed by atoms with Crippen molar-refractivity contribution < 1.29 is 8.42 Å². The van der Waals surface area contributed by atoms with E-state index in [1.54, 1.807) is 0 Å². The average molecular weight is 475 g/mol. The van der Waals surface area contributed by atoms with Crippen LogP contribution in [0.1, 0.15) is 36.0 Å². The van der Waals surface area contributed by atoms with Gasteiger partial charge in [-0.1, -0.05) is 42.5 Å². The van der Waals surface area contributed by atoms with Crippen LogP contribution < -0.4 is 14.9 Å². The maximum Gasteiger partial charge on any atom is 0.215 e. The van der Waals surface area contributed by atoms with Crippen molar-refractivity contribution in [2.75, 3.05) is 25.0 Å². The maximum atomic E-state index is 12.0. The summed E-state index contributed by atoms with van der Waals surface area (Å²) in [6, 6.07) is 18.2. The molecular weight excluding hydrogens is 444 g/mol. The van der Waals surface area contributed by atoms with Gasteiger partial charge in [-0.15, -0.1) is 12.4 Å². The predicted octanol–water partition coefficient (Wildman–Crippen LogP) is 3.99. The second-order valence-corrected chi connectivity index (χ2v) is 9.97. The van der Waals surface area contributed by atoms with E-state index in [2.05, 4.69) is 33.1 Å². The summed E-state index contributed by atoms with van der Waals surface area (Å²) < 4.78 is 26.4. The molecule has 6 nitrogen and oxygen atoms in total. The highest BCUT2D eigenvalue weighted by atomic mass is 35.5. The molecule has 1 aliphatic rings. The van der Waals surface area contributed by atoms with Crippen LogP contribution in [-0.4, -0.2) is 33.5 Å². The third kappa shape index (κ3) is 5.98. The van der Waals surface area contributed by atoms with Crippen LogP contribution in [0.4, 0.5) is 5.82 Å². The van der Waals surface area contributed by atoms with E-state index < -0.39 is 10.0 Å². The zero-order chi connectivity index (χ0) is 21.7. The predicted molar refractivity (Wildman–Crippen MR) is 134 cm³/mol. The van der Waals surface area contributed by atoms with E-state index in [1.165, 1.54) is 31.9 Å². The van der Waals surface area contributed by atoms with Gasteiger partial charge in [0, 0.05) is 37.1 Å². The first-order valence-electron chi connectivity index (χ1n) is 10.9. The summed E-state index contributed by atoms with van der Waals surface area (Å²) >= 11 is 0. The smallest absolute Gasteiger partial charge is 0.215 e. The van der Waals surface area contributed by atoms with Gasteiger partial charge in [0.25, 0.3) is 0 Å². The van der Waals surface area contributed by atoms with Crippen LogP contribution in [-0.2, 0) is 28.9 Å². The van der Waals surface area contributed by atoms with E-state index in [-0.39, 0.29) is 18.2 Å². The van der Waals surface area contributed by atoms with E-state index in [1.807, 2.05) is 36.4 Å². The number of rotatable bonds is 8. The van der Waals surface area contributed by atoms with Crippen LogP contribution in [0.25, 0.3) is 10.9 Å². The van der Waals surface area contributed by atoms with Crippen molar-refractivity contribution in [2.24, 2.45) is 0 Å². The fraction of sp³-hybridized carbons (Fsp3) is 0.375. The van der Waals surface area contributed by atoms with Crippen molar-refractivity contribution in [3.8, 4) is 0 Å². The molecule has 172 valence electrons. The molecule has 0 aliphatic carbocycles. The van der Waals surface area contributed by atoms with Gasteiger partial charge in [0.15, 0.2) is 0 Å². The SMILES string of the molecule is CNS(=O)(=O)Cc1ccccc1CNCc1cc2ccccc2nc1N1CCCCC1.Cl. The Hall–Kier alpha value is -2.19. The molecule has 0 spiro atoms. The molecule has 1 fully saturated rings. The minimum absolute atomic E-state index is 0. The summed E-state index contributed by atoms with van der Waals surface area (Å²) in [6.45, 7) is 3.37. The van der Waals surface area contributed by atoms with Crippen LogP contribution in [0, 0.1) is 0 Å². The molecule has 0 radical (unpaired) electrons. The van der Waals surface area contributed by atoms with Crippen molar-refractivity contribution in [3.05, 3.63) is 71.3 Å². The number of fused-ring (bicyclic) bond motifs is 1. The number of para-hydroxylation sites is 1. The number of nitrogens with one attached hydrogen (secondary N) is 2. The van der Waals surface area contributed by atoms with Gasteiger partial charge < -0.3 is 10.2 Å². The first kappa shape index (κ1) is 24.5. The molecule has 0 amide bonds. The number of halogens is 1. The molecule has 0 atom stereocenters. The quantitative estimate of drug-likeness (QED) is 0.516. The summed E-state index contributed by atoms with van der Waals surface area (Å²) in [7, 11) is -1.86. The van der Waals surface area contributed by atoms with E-state index in [9.17, 15) is 8.42 Å². The minimum atomic E-state index is -3.31. The average Bonchev–Trinajstić information content (AvgIpc) is 2.80. The summed E-state index contributed by atoms with van der Waals surface area (Å²) in [4.78, 5) is 7.40.